The predicted octanol–water partition coefficient (Wildman–Crippen LogP) is 1.75. The van der Waals surface area contributed by atoms with Crippen molar-refractivity contribution in [3.05, 3.63) is 54.1 Å². The largest absolute Gasteiger partial charge is 0.486 e. The summed E-state index contributed by atoms with van der Waals surface area (Å²) in [5.41, 5.74) is 6.03. The van der Waals surface area contributed by atoms with Gasteiger partial charge >= 0.3 is 6.03 Å². The van der Waals surface area contributed by atoms with Crippen molar-refractivity contribution < 1.29 is 19.1 Å². The Labute approximate surface area is 138 Å². The molecule has 3 rings (SSSR count). The van der Waals surface area contributed by atoms with E-state index in [4.69, 9.17) is 15.2 Å². The van der Waals surface area contributed by atoms with E-state index in [1.165, 1.54) is 0 Å². The van der Waals surface area contributed by atoms with E-state index in [2.05, 4.69) is 10.6 Å². The molecule has 0 bridgehead atoms. The zero-order chi connectivity index (χ0) is 16.9. The van der Waals surface area contributed by atoms with Crippen LogP contribution < -0.4 is 25.8 Å². The molecule has 124 valence electrons. The van der Waals surface area contributed by atoms with E-state index in [9.17, 15) is 9.59 Å². The Morgan fingerprint density at radius 1 is 1.08 bits per heavy atom. The van der Waals surface area contributed by atoms with E-state index in [1.54, 1.807) is 24.3 Å². The molecular weight excluding hydrogens is 310 g/mol. The Hall–Kier alpha value is -3.22. The molecule has 24 heavy (non-hydrogen) atoms. The van der Waals surface area contributed by atoms with Gasteiger partial charge < -0.3 is 25.8 Å². The third-order valence-corrected chi connectivity index (χ3v) is 3.47. The second-order valence-corrected chi connectivity index (χ2v) is 5.27. The summed E-state index contributed by atoms with van der Waals surface area (Å²) in [4.78, 5) is 22.9. The van der Waals surface area contributed by atoms with Crippen LogP contribution in [0.3, 0.4) is 0 Å². The summed E-state index contributed by atoms with van der Waals surface area (Å²) in [5.74, 6) is 1.14. The van der Waals surface area contributed by atoms with Crippen LogP contribution in [0.2, 0.25) is 0 Å². The molecule has 0 saturated heterocycles. The molecule has 1 aliphatic heterocycles. The van der Waals surface area contributed by atoms with Crippen molar-refractivity contribution in [2.75, 3.05) is 18.5 Å². The van der Waals surface area contributed by atoms with Gasteiger partial charge in [0, 0.05) is 11.3 Å². The number of anilines is 1. The van der Waals surface area contributed by atoms with Gasteiger partial charge in [0.05, 0.1) is 6.54 Å². The summed E-state index contributed by atoms with van der Waals surface area (Å²) in [7, 11) is 0. The first-order valence-corrected chi connectivity index (χ1v) is 7.45. The van der Waals surface area contributed by atoms with Gasteiger partial charge in [-0.05, 0) is 36.4 Å². The molecule has 1 aliphatic rings. The van der Waals surface area contributed by atoms with E-state index in [1.807, 2.05) is 24.3 Å². The number of fused-ring (bicyclic) bond motifs is 1. The first-order valence-electron chi connectivity index (χ1n) is 7.45. The van der Waals surface area contributed by atoms with Crippen LogP contribution >= 0.6 is 0 Å². The summed E-state index contributed by atoms with van der Waals surface area (Å²) in [6.45, 7) is 0.702. The zero-order valence-corrected chi connectivity index (χ0v) is 12.8. The fourth-order valence-corrected chi connectivity index (χ4v) is 2.32. The molecule has 0 aromatic heterocycles. The minimum atomic E-state index is -0.651. The van der Waals surface area contributed by atoms with Crippen LogP contribution in [0.4, 0.5) is 10.5 Å². The van der Waals surface area contributed by atoms with Crippen molar-refractivity contribution >= 4 is 17.6 Å². The highest BCUT2D eigenvalue weighted by molar-refractivity contribution is 5.95. The minimum absolute atomic E-state index is 0.233. The zero-order valence-electron chi connectivity index (χ0n) is 12.8. The van der Waals surface area contributed by atoms with Gasteiger partial charge in [-0.1, -0.05) is 12.1 Å². The number of ether oxygens (including phenoxy) is 2. The van der Waals surface area contributed by atoms with Crippen molar-refractivity contribution in [3.8, 4) is 11.5 Å². The summed E-state index contributed by atoms with van der Waals surface area (Å²) in [6.07, 6.45) is -0.250. The number of hydrogen-bond donors (Lipinski definition) is 3. The Balaban J connectivity index is 1.53. The number of nitrogens with two attached hydrogens (primary N) is 1. The lowest BCUT2D eigenvalue weighted by Gasteiger charge is -2.26. The summed E-state index contributed by atoms with van der Waals surface area (Å²) in [5, 5.41) is 5.24. The van der Waals surface area contributed by atoms with Gasteiger partial charge in [0.15, 0.2) is 11.5 Å². The summed E-state index contributed by atoms with van der Waals surface area (Å²) in [6, 6.07) is 13.2. The predicted molar refractivity (Wildman–Crippen MR) is 88.3 cm³/mol. The second kappa shape index (κ2) is 6.91. The van der Waals surface area contributed by atoms with Crippen molar-refractivity contribution in [2.45, 2.75) is 6.10 Å². The molecule has 3 amide bonds. The van der Waals surface area contributed by atoms with Crippen LogP contribution in [0.15, 0.2) is 48.5 Å². The Bertz CT molecular complexity index is 746. The number of benzene rings is 2. The summed E-state index contributed by atoms with van der Waals surface area (Å²) < 4.78 is 11.4. The monoisotopic (exact) mass is 327 g/mol. The third kappa shape index (κ3) is 3.75. The number of primary amides is 1. The van der Waals surface area contributed by atoms with E-state index in [-0.39, 0.29) is 12.0 Å². The molecule has 2 aromatic rings. The van der Waals surface area contributed by atoms with Crippen LogP contribution in [-0.4, -0.2) is 31.2 Å². The standard InChI is InChI=1S/C17H17N3O4/c18-17(22)20-12-7-5-11(6-8-12)16(21)19-9-13-10-23-14-3-1-2-4-15(14)24-13/h1-8,13H,9-10H2,(H,19,21)(H3,18,20,22)/t13-/m1/s1. The molecule has 1 heterocycles. The van der Waals surface area contributed by atoms with E-state index >= 15 is 0 Å². The second-order valence-electron chi connectivity index (χ2n) is 5.27. The summed E-state index contributed by atoms with van der Waals surface area (Å²) >= 11 is 0. The van der Waals surface area contributed by atoms with Crippen molar-refractivity contribution in [3.63, 3.8) is 0 Å². The maximum Gasteiger partial charge on any atom is 0.316 e. The Morgan fingerprint density at radius 2 is 1.79 bits per heavy atom. The average Bonchev–Trinajstić information content (AvgIpc) is 2.59. The number of carbonyl (C=O) groups excluding carboxylic acids is 2. The third-order valence-electron chi connectivity index (χ3n) is 3.47. The average molecular weight is 327 g/mol. The van der Waals surface area contributed by atoms with Crippen LogP contribution in [0.25, 0.3) is 0 Å². The molecule has 2 aromatic carbocycles. The molecule has 0 saturated carbocycles. The first kappa shape index (κ1) is 15.7. The molecule has 4 N–H and O–H groups in total. The van der Waals surface area contributed by atoms with Gasteiger partial charge in [-0.15, -0.1) is 0 Å². The van der Waals surface area contributed by atoms with E-state index in [0.717, 1.165) is 0 Å². The molecule has 1 atom stereocenters. The maximum atomic E-state index is 12.1. The van der Waals surface area contributed by atoms with Gasteiger partial charge in [0.2, 0.25) is 0 Å². The van der Waals surface area contributed by atoms with E-state index < -0.39 is 6.03 Å². The lowest BCUT2D eigenvalue weighted by Crippen LogP contribution is -2.40. The number of amides is 3. The Kier molecular flexibility index (Phi) is 4.51. The molecule has 0 aliphatic carbocycles. The maximum absolute atomic E-state index is 12.1. The number of hydrogen-bond acceptors (Lipinski definition) is 4. The molecule has 7 nitrogen and oxygen atoms in total. The van der Waals surface area contributed by atoms with Crippen molar-refractivity contribution in [2.24, 2.45) is 5.73 Å². The SMILES string of the molecule is NC(=O)Nc1ccc(C(=O)NC[C@@H]2COc3ccccc3O2)cc1. The van der Waals surface area contributed by atoms with Crippen LogP contribution in [-0.2, 0) is 0 Å². The van der Waals surface area contributed by atoms with Crippen LogP contribution in [0.1, 0.15) is 10.4 Å². The lowest BCUT2D eigenvalue weighted by molar-refractivity contribution is 0.0789. The minimum Gasteiger partial charge on any atom is -0.486 e. The number of carbonyl (C=O) groups is 2. The highest BCUT2D eigenvalue weighted by Gasteiger charge is 2.21. The quantitative estimate of drug-likeness (QED) is 0.796. The molecule has 0 unspecified atom stereocenters. The lowest BCUT2D eigenvalue weighted by atomic mass is 10.2. The highest BCUT2D eigenvalue weighted by Crippen LogP contribution is 2.30. The molecule has 7 heteroatoms. The molecule has 0 spiro atoms. The molecular formula is C17H17N3O4. The highest BCUT2D eigenvalue weighted by atomic mass is 16.6. The fraction of sp³-hybridized carbons (Fsp3) is 0.176. The van der Waals surface area contributed by atoms with Crippen LogP contribution in [0, 0.1) is 0 Å². The Morgan fingerprint density at radius 3 is 2.50 bits per heavy atom. The van der Waals surface area contributed by atoms with Gasteiger partial charge in [0.1, 0.15) is 12.7 Å². The number of nitrogens with one attached hydrogen (secondary N) is 2. The number of rotatable bonds is 4. The van der Waals surface area contributed by atoms with Gasteiger partial charge in [-0.2, -0.15) is 0 Å². The van der Waals surface area contributed by atoms with Crippen molar-refractivity contribution in [1.29, 1.82) is 0 Å². The van der Waals surface area contributed by atoms with E-state index in [0.29, 0.717) is 35.9 Å². The molecule has 0 fully saturated rings. The normalized spacial score (nSPS) is 15.4. The molecule has 0 radical (unpaired) electrons. The number of para-hydroxylation sites is 2. The topological polar surface area (TPSA) is 103 Å². The smallest absolute Gasteiger partial charge is 0.316 e. The fourth-order valence-electron chi connectivity index (χ4n) is 2.32. The van der Waals surface area contributed by atoms with Gasteiger partial charge in [-0.25, -0.2) is 4.79 Å². The van der Waals surface area contributed by atoms with Crippen LogP contribution in [0.5, 0.6) is 11.5 Å². The van der Waals surface area contributed by atoms with Gasteiger partial charge in [0.25, 0.3) is 5.91 Å². The first-order chi connectivity index (χ1) is 11.6. The van der Waals surface area contributed by atoms with Gasteiger partial charge in [-0.3, -0.25) is 4.79 Å². The number of urea groups is 1. The van der Waals surface area contributed by atoms with Crippen molar-refractivity contribution in [1.82, 2.24) is 5.32 Å².